The number of nitrogens with two attached hydrogens (primary N) is 1. The molecule has 2 saturated carbocycles. The van der Waals surface area contributed by atoms with E-state index in [4.69, 9.17) is 15.2 Å². The number of primary amides is 1. The summed E-state index contributed by atoms with van der Waals surface area (Å²) in [7, 11) is 0. The van der Waals surface area contributed by atoms with Gasteiger partial charge >= 0.3 is 0 Å². The molecule has 1 aromatic carbocycles. The molecule has 0 bridgehead atoms. The molecule has 2 atom stereocenters. The van der Waals surface area contributed by atoms with Gasteiger partial charge in [0.1, 0.15) is 5.75 Å². The summed E-state index contributed by atoms with van der Waals surface area (Å²) in [6.07, 6.45) is 8.70. The summed E-state index contributed by atoms with van der Waals surface area (Å²) in [4.78, 5) is 26.0. The fourth-order valence-electron chi connectivity index (χ4n) is 5.47. The van der Waals surface area contributed by atoms with Crippen LogP contribution in [0.2, 0.25) is 0 Å². The summed E-state index contributed by atoms with van der Waals surface area (Å²) < 4.78 is 11.4. The van der Waals surface area contributed by atoms with Gasteiger partial charge in [-0.15, -0.1) is 0 Å². The second-order valence-corrected chi connectivity index (χ2v) is 9.14. The maximum absolute atomic E-state index is 12.8. The van der Waals surface area contributed by atoms with E-state index in [1.165, 1.54) is 32.1 Å². The minimum Gasteiger partial charge on any atom is -0.484 e. The van der Waals surface area contributed by atoms with E-state index in [0.29, 0.717) is 31.0 Å². The maximum Gasteiger partial charge on any atom is 0.255 e. The van der Waals surface area contributed by atoms with Gasteiger partial charge < -0.3 is 20.5 Å². The number of hydrogen-bond donors (Lipinski definition) is 2. The van der Waals surface area contributed by atoms with Crippen LogP contribution in [0.3, 0.4) is 0 Å². The highest BCUT2D eigenvalue weighted by molar-refractivity contribution is 5.78. The Balaban J connectivity index is 1.54. The number of nitrogens with one attached hydrogen (secondary N) is 1. The van der Waals surface area contributed by atoms with Crippen molar-refractivity contribution in [2.45, 2.75) is 77.5 Å². The van der Waals surface area contributed by atoms with E-state index in [-0.39, 0.29) is 17.9 Å². The van der Waals surface area contributed by atoms with E-state index in [9.17, 15) is 9.59 Å². The highest BCUT2D eigenvalue weighted by Crippen LogP contribution is 2.55. The Morgan fingerprint density at radius 2 is 1.88 bits per heavy atom. The van der Waals surface area contributed by atoms with Crippen LogP contribution in [-0.4, -0.2) is 55.2 Å². The molecule has 178 valence electrons. The molecule has 0 heterocycles. The Kier molecular flexibility index (Phi) is 8.93. The van der Waals surface area contributed by atoms with E-state index >= 15 is 0 Å². The SMILES string of the molecule is CCCN(CC(=O)NCc1ccc(OCC(N)=O)cc1)[C@H]1C[C@H](OCC)C12CCCCC2. The molecule has 3 N–H and O–H groups in total. The molecule has 2 amide bonds. The highest BCUT2D eigenvalue weighted by atomic mass is 16.5. The Morgan fingerprint density at radius 3 is 2.50 bits per heavy atom. The van der Waals surface area contributed by atoms with Gasteiger partial charge in [0.15, 0.2) is 6.61 Å². The van der Waals surface area contributed by atoms with Gasteiger partial charge in [0.05, 0.1) is 12.6 Å². The largest absolute Gasteiger partial charge is 0.484 e. The summed E-state index contributed by atoms with van der Waals surface area (Å²) in [5.74, 6) is 0.130. The number of carbonyl (C=O) groups excluding carboxylic acids is 2. The molecular weight excluding hydrogens is 406 g/mol. The van der Waals surface area contributed by atoms with Crippen molar-refractivity contribution in [2.24, 2.45) is 11.1 Å². The number of carbonyl (C=O) groups is 2. The highest BCUT2D eigenvalue weighted by Gasteiger charge is 2.57. The first kappa shape index (κ1) is 24.5. The monoisotopic (exact) mass is 445 g/mol. The molecule has 1 spiro atoms. The lowest BCUT2D eigenvalue weighted by Gasteiger charge is -2.60. The molecule has 0 saturated heterocycles. The number of ether oxygens (including phenoxy) is 2. The van der Waals surface area contributed by atoms with Crippen LogP contribution >= 0.6 is 0 Å². The molecule has 32 heavy (non-hydrogen) atoms. The molecule has 7 nitrogen and oxygen atoms in total. The van der Waals surface area contributed by atoms with Crippen molar-refractivity contribution >= 4 is 11.8 Å². The summed E-state index contributed by atoms with van der Waals surface area (Å²) in [5, 5.41) is 3.06. The second-order valence-electron chi connectivity index (χ2n) is 9.14. The van der Waals surface area contributed by atoms with Gasteiger partial charge in [-0.25, -0.2) is 0 Å². The minimum atomic E-state index is -0.507. The van der Waals surface area contributed by atoms with Crippen LogP contribution in [0.4, 0.5) is 0 Å². The van der Waals surface area contributed by atoms with Gasteiger partial charge in [0.2, 0.25) is 5.91 Å². The van der Waals surface area contributed by atoms with Crippen LogP contribution in [0.25, 0.3) is 0 Å². The molecule has 2 aliphatic rings. The lowest BCUT2D eigenvalue weighted by molar-refractivity contribution is -0.183. The number of benzene rings is 1. The predicted octanol–water partition coefficient (Wildman–Crippen LogP) is 3.01. The number of rotatable bonds is 12. The Labute approximate surface area is 192 Å². The van der Waals surface area contributed by atoms with E-state index in [1.807, 2.05) is 12.1 Å². The minimum absolute atomic E-state index is 0.0540. The number of hydrogen-bond acceptors (Lipinski definition) is 5. The predicted molar refractivity (Wildman–Crippen MR) is 124 cm³/mol. The van der Waals surface area contributed by atoms with Gasteiger partial charge in [-0.2, -0.15) is 0 Å². The zero-order chi connectivity index (χ0) is 23.0. The van der Waals surface area contributed by atoms with Crippen LogP contribution < -0.4 is 15.8 Å². The van der Waals surface area contributed by atoms with Gasteiger partial charge in [-0.3, -0.25) is 14.5 Å². The fraction of sp³-hybridized carbons (Fsp3) is 0.680. The Hall–Kier alpha value is -2.12. The average Bonchev–Trinajstić information content (AvgIpc) is 2.80. The molecular formula is C25H39N3O4. The quantitative estimate of drug-likeness (QED) is 0.516. The van der Waals surface area contributed by atoms with Gasteiger partial charge in [-0.05, 0) is 56.8 Å². The number of amides is 2. The van der Waals surface area contributed by atoms with E-state index in [0.717, 1.165) is 31.6 Å². The first-order chi connectivity index (χ1) is 15.5. The number of nitrogens with zero attached hydrogens (tertiary/aromatic N) is 1. The molecule has 1 aromatic rings. The third-order valence-corrected chi connectivity index (χ3v) is 6.99. The molecule has 0 aliphatic heterocycles. The van der Waals surface area contributed by atoms with Crippen molar-refractivity contribution in [3.05, 3.63) is 29.8 Å². The lowest BCUT2D eigenvalue weighted by atomic mass is 9.54. The molecule has 0 radical (unpaired) electrons. The normalized spacial score (nSPS) is 21.8. The lowest BCUT2D eigenvalue weighted by Crippen LogP contribution is -2.66. The van der Waals surface area contributed by atoms with Gasteiger partial charge in [0, 0.05) is 24.6 Å². The molecule has 0 unspecified atom stereocenters. The van der Waals surface area contributed by atoms with Crippen LogP contribution in [0.15, 0.2) is 24.3 Å². The average molecular weight is 446 g/mol. The van der Waals surface area contributed by atoms with Crippen molar-refractivity contribution in [3.63, 3.8) is 0 Å². The standard InChI is InChI=1S/C25H39N3O4/c1-3-14-28(21-15-22(31-4-2)25(21)12-6-5-7-13-25)17-24(30)27-16-19-8-10-20(11-9-19)32-18-23(26)29/h8-11,21-22H,3-7,12-18H2,1-2H3,(H2,26,29)(H,27,30)/t21-,22-/m0/s1. The van der Waals surface area contributed by atoms with Gasteiger partial charge in [0.25, 0.3) is 5.91 Å². The van der Waals surface area contributed by atoms with E-state index < -0.39 is 5.91 Å². The van der Waals surface area contributed by atoms with Crippen LogP contribution in [0.5, 0.6) is 5.75 Å². The summed E-state index contributed by atoms with van der Waals surface area (Å²) in [5.41, 5.74) is 6.30. The smallest absolute Gasteiger partial charge is 0.255 e. The second kappa shape index (κ2) is 11.7. The summed E-state index contributed by atoms with van der Waals surface area (Å²) in [6.45, 7) is 6.71. The summed E-state index contributed by atoms with van der Waals surface area (Å²) in [6, 6.07) is 7.77. The Morgan fingerprint density at radius 1 is 1.16 bits per heavy atom. The van der Waals surface area contributed by atoms with Crippen molar-refractivity contribution in [1.29, 1.82) is 0 Å². The summed E-state index contributed by atoms with van der Waals surface area (Å²) >= 11 is 0. The van der Waals surface area contributed by atoms with Crippen LogP contribution in [0, 0.1) is 5.41 Å². The van der Waals surface area contributed by atoms with Crippen molar-refractivity contribution in [3.8, 4) is 5.75 Å². The van der Waals surface area contributed by atoms with Crippen molar-refractivity contribution < 1.29 is 19.1 Å². The molecule has 0 aromatic heterocycles. The molecule has 2 aliphatic carbocycles. The third-order valence-electron chi connectivity index (χ3n) is 6.99. The van der Waals surface area contributed by atoms with Gasteiger partial charge in [-0.1, -0.05) is 38.3 Å². The molecule has 3 rings (SSSR count). The van der Waals surface area contributed by atoms with E-state index in [1.54, 1.807) is 12.1 Å². The third kappa shape index (κ3) is 6.01. The fourth-order valence-corrected chi connectivity index (χ4v) is 5.47. The molecule has 2 fully saturated rings. The van der Waals surface area contributed by atoms with E-state index in [2.05, 4.69) is 24.1 Å². The van der Waals surface area contributed by atoms with Crippen LogP contribution in [-0.2, 0) is 20.9 Å². The van der Waals surface area contributed by atoms with Crippen LogP contribution in [0.1, 0.15) is 64.4 Å². The van der Waals surface area contributed by atoms with Crippen molar-refractivity contribution in [1.82, 2.24) is 10.2 Å². The zero-order valence-corrected chi connectivity index (χ0v) is 19.6. The first-order valence-corrected chi connectivity index (χ1v) is 12.1. The Bertz CT molecular complexity index is 746. The maximum atomic E-state index is 12.8. The first-order valence-electron chi connectivity index (χ1n) is 12.1. The molecule has 7 heteroatoms. The topological polar surface area (TPSA) is 93.9 Å². The van der Waals surface area contributed by atoms with Crippen molar-refractivity contribution in [2.75, 3.05) is 26.3 Å². The zero-order valence-electron chi connectivity index (χ0n) is 19.6.